The van der Waals surface area contributed by atoms with Crippen molar-refractivity contribution in [1.29, 1.82) is 21.3 Å². The molecular weight excluding hydrogens is 537 g/mol. The summed E-state index contributed by atoms with van der Waals surface area (Å²) in [5.41, 5.74) is 1.62. The van der Waals surface area contributed by atoms with E-state index in [0.29, 0.717) is 27.6 Å². The van der Waals surface area contributed by atoms with E-state index in [1.165, 1.54) is 45.3 Å². The van der Waals surface area contributed by atoms with Crippen LogP contribution in [0.5, 0.6) is 0 Å². The summed E-state index contributed by atoms with van der Waals surface area (Å²) in [4.78, 5) is 12.2. The van der Waals surface area contributed by atoms with Crippen LogP contribution in [0.15, 0.2) is 53.5 Å². The van der Waals surface area contributed by atoms with E-state index in [-0.39, 0.29) is 11.4 Å². The van der Waals surface area contributed by atoms with E-state index in [2.05, 4.69) is 22.1 Å². The van der Waals surface area contributed by atoms with Gasteiger partial charge in [0.2, 0.25) is 0 Å². The van der Waals surface area contributed by atoms with E-state index in [0.717, 1.165) is 25.1 Å². The van der Waals surface area contributed by atoms with Crippen LogP contribution >= 0.6 is 45.3 Å². The molecule has 10 heteroatoms. The van der Waals surface area contributed by atoms with E-state index in [1.54, 1.807) is 12.4 Å². The van der Waals surface area contributed by atoms with E-state index < -0.39 is 5.41 Å². The predicted molar refractivity (Wildman–Crippen MR) is 155 cm³/mol. The Bertz CT molecular complexity index is 1670. The summed E-state index contributed by atoms with van der Waals surface area (Å²) in [5.74, 6) is 0. The summed E-state index contributed by atoms with van der Waals surface area (Å²) >= 11 is 5.88. The Balaban J connectivity index is 1.40. The second-order valence-electron chi connectivity index (χ2n) is 8.32. The van der Waals surface area contributed by atoms with Gasteiger partial charge >= 0.3 is 0 Å². The second kappa shape index (κ2) is 10.3. The lowest BCUT2D eigenvalue weighted by Gasteiger charge is -2.33. The average molecular weight is 555 g/mol. The maximum absolute atomic E-state index is 9.55. The van der Waals surface area contributed by atoms with Gasteiger partial charge in [0, 0.05) is 53.7 Å². The molecule has 180 valence electrons. The largest absolute Gasteiger partial charge is 0.302 e. The second-order valence-corrected chi connectivity index (χ2v) is 12.3. The third-order valence-electron chi connectivity index (χ3n) is 5.99. The first-order valence-electron chi connectivity index (χ1n) is 11.1. The SMILES string of the molecule is CC1(c2ccc(/C=C(\C#N)c3nccs3)s2)CC=C(c2ccc(/C=C(\C#N)c3nccs3)s2)C(=N)C1=N. The monoisotopic (exact) mass is 554 g/mol. The molecule has 0 aromatic carbocycles. The number of rotatable bonds is 6. The van der Waals surface area contributed by atoms with Gasteiger partial charge in [0.1, 0.15) is 22.2 Å². The number of nitrogens with one attached hydrogen (secondary N) is 2. The molecule has 0 fully saturated rings. The molecule has 5 rings (SSSR count). The van der Waals surface area contributed by atoms with E-state index in [4.69, 9.17) is 10.8 Å². The minimum atomic E-state index is -0.621. The smallest absolute Gasteiger partial charge is 0.133 e. The van der Waals surface area contributed by atoms with Crippen LogP contribution in [0.2, 0.25) is 0 Å². The predicted octanol–water partition coefficient (Wildman–Crippen LogP) is 7.64. The number of nitrogens with zero attached hydrogens (tertiary/aromatic N) is 4. The van der Waals surface area contributed by atoms with Gasteiger partial charge in [-0.1, -0.05) is 6.08 Å². The van der Waals surface area contributed by atoms with Crippen LogP contribution in [0.1, 0.15) is 42.9 Å². The Labute approximate surface area is 229 Å². The number of hydrogen-bond acceptors (Lipinski definition) is 10. The maximum atomic E-state index is 9.55. The highest BCUT2D eigenvalue weighted by molar-refractivity contribution is 7.15. The quantitative estimate of drug-likeness (QED) is 0.238. The summed E-state index contributed by atoms with van der Waals surface area (Å²) in [5, 5.41) is 41.9. The van der Waals surface area contributed by atoms with Crippen LogP contribution < -0.4 is 0 Å². The zero-order valence-corrected chi connectivity index (χ0v) is 22.7. The van der Waals surface area contributed by atoms with Gasteiger partial charge in [0.25, 0.3) is 0 Å². The summed E-state index contributed by atoms with van der Waals surface area (Å²) in [6.45, 7) is 2.00. The number of aromatic nitrogens is 2. The molecule has 0 spiro atoms. The van der Waals surface area contributed by atoms with Crippen molar-refractivity contribution < 1.29 is 0 Å². The van der Waals surface area contributed by atoms with Gasteiger partial charge in [-0.3, -0.25) is 5.41 Å². The molecule has 0 amide bonds. The Morgan fingerprint density at radius 3 is 2.08 bits per heavy atom. The standard InChI is InChI=1S/C27H18N6S4/c1-27(22-5-3-19(37-22)13-17(15-29)26-33-9-11-35-26)7-6-20(23(30)24(27)31)21-4-2-18(36-21)12-16(14-28)25-32-8-10-34-25/h2-6,8-13,30-31H,7H2,1H3/b16-12+,17-13+,30-23?,31-24?. The number of hydrogen-bond donors (Lipinski definition) is 2. The molecular formula is C27H18N6S4. The fourth-order valence-corrected chi connectivity index (χ4v) is 7.27. The average Bonchev–Trinajstić information content (AvgIpc) is 3.72. The fraction of sp³-hybridized carbons (Fsp3) is 0.111. The maximum Gasteiger partial charge on any atom is 0.133 e. The lowest BCUT2D eigenvalue weighted by Crippen LogP contribution is -2.39. The molecule has 1 aliphatic carbocycles. The normalized spacial score (nSPS) is 18.4. The van der Waals surface area contributed by atoms with E-state index >= 15 is 0 Å². The first kappa shape index (κ1) is 24.9. The highest BCUT2D eigenvalue weighted by Crippen LogP contribution is 2.42. The summed E-state index contributed by atoms with van der Waals surface area (Å²) in [6, 6.07) is 12.3. The minimum Gasteiger partial charge on any atom is -0.302 e. The molecule has 0 radical (unpaired) electrons. The fourth-order valence-electron chi connectivity index (χ4n) is 3.95. The van der Waals surface area contributed by atoms with Gasteiger partial charge in [-0.25, -0.2) is 9.97 Å². The summed E-state index contributed by atoms with van der Waals surface area (Å²) in [6.07, 6.45) is 9.64. The highest BCUT2D eigenvalue weighted by atomic mass is 32.1. The third-order valence-corrected chi connectivity index (χ3v) is 9.96. The minimum absolute atomic E-state index is 0.206. The Hall–Kier alpha value is -3.80. The number of allylic oxidation sites excluding steroid dienone is 4. The van der Waals surface area contributed by atoms with Crippen LogP contribution in [-0.4, -0.2) is 21.4 Å². The molecule has 4 aromatic heterocycles. The van der Waals surface area contributed by atoms with Crippen LogP contribution in [0.4, 0.5) is 0 Å². The molecule has 37 heavy (non-hydrogen) atoms. The highest BCUT2D eigenvalue weighted by Gasteiger charge is 2.39. The summed E-state index contributed by atoms with van der Waals surface area (Å²) < 4.78 is 0. The van der Waals surface area contributed by atoms with Gasteiger partial charge in [-0.2, -0.15) is 10.5 Å². The Kier molecular flexibility index (Phi) is 6.92. The van der Waals surface area contributed by atoms with Crippen molar-refractivity contribution in [2.24, 2.45) is 0 Å². The first-order chi connectivity index (χ1) is 17.9. The van der Waals surface area contributed by atoms with Crippen molar-refractivity contribution in [2.75, 3.05) is 0 Å². The molecule has 1 aliphatic rings. The molecule has 0 aliphatic heterocycles. The van der Waals surface area contributed by atoms with Crippen molar-refractivity contribution in [2.45, 2.75) is 18.8 Å². The lowest BCUT2D eigenvalue weighted by atomic mass is 9.72. The lowest BCUT2D eigenvalue weighted by molar-refractivity contribution is 0.662. The molecule has 0 saturated heterocycles. The molecule has 6 nitrogen and oxygen atoms in total. The van der Waals surface area contributed by atoms with Crippen molar-refractivity contribution in [3.8, 4) is 12.1 Å². The van der Waals surface area contributed by atoms with Crippen molar-refractivity contribution in [3.63, 3.8) is 0 Å². The third kappa shape index (κ3) is 4.80. The van der Waals surface area contributed by atoms with Gasteiger partial charge < -0.3 is 5.41 Å². The van der Waals surface area contributed by atoms with Crippen LogP contribution in [0.3, 0.4) is 0 Å². The van der Waals surface area contributed by atoms with Crippen LogP contribution in [0.25, 0.3) is 28.9 Å². The first-order valence-corrected chi connectivity index (χ1v) is 14.4. The van der Waals surface area contributed by atoms with E-state index in [9.17, 15) is 10.5 Å². The topological polar surface area (TPSA) is 121 Å². The van der Waals surface area contributed by atoms with Crippen LogP contribution in [-0.2, 0) is 5.41 Å². The van der Waals surface area contributed by atoms with Crippen LogP contribution in [0, 0.1) is 33.5 Å². The molecule has 0 saturated carbocycles. The number of nitriles is 2. The molecule has 4 aromatic rings. The van der Waals surface area contributed by atoms with Crippen molar-refractivity contribution >= 4 is 85.6 Å². The summed E-state index contributed by atoms with van der Waals surface area (Å²) in [7, 11) is 0. The van der Waals surface area contributed by atoms with Gasteiger partial charge in [0.15, 0.2) is 0 Å². The van der Waals surface area contributed by atoms with Gasteiger partial charge in [0.05, 0.1) is 22.6 Å². The number of thiazole rings is 2. The molecule has 2 N–H and O–H groups in total. The van der Waals surface area contributed by atoms with Crippen molar-refractivity contribution in [3.05, 3.63) is 83.0 Å². The van der Waals surface area contributed by atoms with Gasteiger partial charge in [-0.05, 0) is 49.8 Å². The molecule has 1 unspecified atom stereocenters. The van der Waals surface area contributed by atoms with Gasteiger partial charge in [-0.15, -0.1) is 45.3 Å². The number of thiophene rings is 2. The zero-order chi connectivity index (χ0) is 26.0. The molecule has 1 atom stereocenters. The Morgan fingerprint density at radius 2 is 1.51 bits per heavy atom. The zero-order valence-electron chi connectivity index (χ0n) is 19.5. The Morgan fingerprint density at radius 1 is 0.919 bits per heavy atom. The molecule has 4 heterocycles. The van der Waals surface area contributed by atoms with Crippen molar-refractivity contribution in [1.82, 2.24) is 9.97 Å². The molecule has 0 bridgehead atoms. The van der Waals surface area contributed by atoms with E-state index in [1.807, 2.05) is 60.2 Å².